The first-order chi connectivity index (χ1) is 14.0. The number of oxazole rings is 1. The molecule has 1 aliphatic heterocycles. The molecule has 0 spiro atoms. The van der Waals surface area contributed by atoms with Crippen molar-refractivity contribution in [1.29, 1.82) is 0 Å². The van der Waals surface area contributed by atoms with Crippen LogP contribution in [0.15, 0.2) is 52.9 Å². The van der Waals surface area contributed by atoms with Crippen LogP contribution in [0.25, 0.3) is 11.5 Å². The van der Waals surface area contributed by atoms with E-state index in [-0.39, 0.29) is 29.6 Å². The molecule has 0 radical (unpaired) electrons. The summed E-state index contributed by atoms with van der Waals surface area (Å²) in [5, 5.41) is 0. The van der Waals surface area contributed by atoms with Gasteiger partial charge in [-0.2, -0.15) is 0 Å². The first kappa shape index (κ1) is 19.1. The molecule has 0 aliphatic carbocycles. The molecule has 1 saturated heterocycles. The molecule has 2 heterocycles. The number of anilines is 1. The predicted molar refractivity (Wildman–Crippen MR) is 106 cm³/mol. The van der Waals surface area contributed by atoms with Gasteiger partial charge in [-0.15, -0.1) is 0 Å². The molecule has 1 aliphatic rings. The van der Waals surface area contributed by atoms with Gasteiger partial charge in [-0.3, -0.25) is 4.79 Å². The van der Waals surface area contributed by atoms with E-state index >= 15 is 0 Å². The lowest BCUT2D eigenvalue weighted by Crippen LogP contribution is -2.49. The highest BCUT2D eigenvalue weighted by atomic mass is 19.1. The predicted octanol–water partition coefficient (Wildman–Crippen LogP) is 3.82. The fraction of sp³-hybridized carbons (Fsp3) is 0.273. The summed E-state index contributed by atoms with van der Waals surface area (Å²) in [6.07, 6.45) is 0.111. The van der Waals surface area contributed by atoms with Gasteiger partial charge in [0.25, 0.3) is 0 Å². The smallest absolute Gasteiger partial charge is 0.229 e. The van der Waals surface area contributed by atoms with E-state index in [4.69, 9.17) is 4.42 Å². The Morgan fingerprint density at radius 2 is 1.72 bits per heavy atom. The quantitative estimate of drug-likeness (QED) is 0.672. The average Bonchev–Trinajstić information content (AvgIpc) is 3.09. The minimum absolute atomic E-state index is 0.0414. The van der Waals surface area contributed by atoms with E-state index in [0.29, 0.717) is 37.6 Å². The summed E-state index contributed by atoms with van der Waals surface area (Å²) in [6, 6.07) is 12.6. The Morgan fingerprint density at radius 1 is 1.03 bits per heavy atom. The normalized spacial score (nSPS) is 14.3. The van der Waals surface area contributed by atoms with Crippen molar-refractivity contribution in [3.05, 3.63) is 71.6 Å². The Kier molecular flexibility index (Phi) is 5.29. The van der Waals surface area contributed by atoms with Crippen LogP contribution < -0.4 is 4.90 Å². The van der Waals surface area contributed by atoms with Gasteiger partial charge in [0, 0.05) is 31.9 Å². The number of hydrogen-bond donors (Lipinski definition) is 0. The van der Waals surface area contributed by atoms with Crippen molar-refractivity contribution in [1.82, 2.24) is 9.88 Å². The van der Waals surface area contributed by atoms with Crippen LogP contribution in [0.3, 0.4) is 0 Å². The van der Waals surface area contributed by atoms with Gasteiger partial charge in [0.1, 0.15) is 17.4 Å². The average molecular weight is 397 g/mol. The van der Waals surface area contributed by atoms with Crippen LogP contribution in [-0.4, -0.2) is 42.0 Å². The Morgan fingerprint density at radius 3 is 2.41 bits per heavy atom. The summed E-state index contributed by atoms with van der Waals surface area (Å²) in [6.45, 7) is 4.23. The summed E-state index contributed by atoms with van der Waals surface area (Å²) in [4.78, 5) is 21.0. The number of carbonyl (C=O) groups is 1. The van der Waals surface area contributed by atoms with Crippen molar-refractivity contribution in [2.75, 3.05) is 31.1 Å². The molecular weight excluding hydrogens is 376 g/mol. The lowest BCUT2D eigenvalue weighted by molar-refractivity contribution is -0.130. The van der Waals surface area contributed by atoms with Crippen molar-refractivity contribution >= 4 is 11.6 Å². The SMILES string of the molecule is Cc1oc(-c2ccccc2F)nc1CC(=O)N1CCN(c2ccc(F)cc2)CC1. The minimum atomic E-state index is -0.413. The number of aryl methyl sites for hydroxylation is 1. The zero-order valence-electron chi connectivity index (χ0n) is 16.1. The van der Waals surface area contributed by atoms with Crippen molar-refractivity contribution in [2.24, 2.45) is 0 Å². The molecule has 0 saturated carbocycles. The molecule has 4 rings (SSSR count). The topological polar surface area (TPSA) is 49.6 Å². The largest absolute Gasteiger partial charge is 0.441 e. The highest BCUT2D eigenvalue weighted by Crippen LogP contribution is 2.25. The van der Waals surface area contributed by atoms with Crippen LogP contribution in [0, 0.1) is 18.6 Å². The number of carbonyl (C=O) groups excluding carboxylic acids is 1. The number of aromatic nitrogens is 1. The molecule has 0 atom stereocenters. The number of rotatable bonds is 4. The Hall–Kier alpha value is -3.22. The van der Waals surface area contributed by atoms with Crippen molar-refractivity contribution < 1.29 is 18.0 Å². The van der Waals surface area contributed by atoms with Gasteiger partial charge in [-0.1, -0.05) is 12.1 Å². The molecule has 0 N–H and O–H groups in total. The highest BCUT2D eigenvalue weighted by molar-refractivity contribution is 5.79. The Bertz CT molecular complexity index is 1010. The van der Waals surface area contributed by atoms with Gasteiger partial charge in [0.05, 0.1) is 17.7 Å². The van der Waals surface area contributed by atoms with Crippen LogP contribution >= 0.6 is 0 Å². The number of piperazine rings is 1. The summed E-state index contributed by atoms with van der Waals surface area (Å²) in [5.41, 5.74) is 1.75. The maximum Gasteiger partial charge on any atom is 0.229 e. The second-order valence-electron chi connectivity index (χ2n) is 7.02. The molecule has 2 aromatic carbocycles. The van der Waals surface area contributed by atoms with E-state index < -0.39 is 5.82 Å². The van der Waals surface area contributed by atoms with Crippen LogP contribution in [0.1, 0.15) is 11.5 Å². The van der Waals surface area contributed by atoms with Gasteiger partial charge in [-0.05, 0) is 43.3 Å². The van der Waals surface area contributed by atoms with Gasteiger partial charge in [-0.25, -0.2) is 13.8 Å². The highest BCUT2D eigenvalue weighted by Gasteiger charge is 2.24. The molecule has 5 nitrogen and oxygen atoms in total. The first-order valence-electron chi connectivity index (χ1n) is 9.51. The standard InChI is InChI=1S/C22H21F2N3O2/c1-15-20(25-22(29-15)18-4-2-3-5-19(18)24)14-21(28)27-12-10-26(11-13-27)17-8-6-16(23)7-9-17/h2-9H,10-14H2,1H3. The molecule has 1 aromatic heterocycles. The number of hydrogen-bond acceptors (Lipinski definition) is 4. The summed E-state index contributed by atoms with van der Waals surface area (Å²) in [7, 11) is 0. The fourth-order valence-corrected chi connectivity index (χ4v) is 3.46. The van der Waals surface area contributed by atoms with Crippen molar-refractivity contribution in [3.8, 4) is 11.5 Å². The van der Waals surface area contributed by atoms with Gasteiger partial charge in [0.15, 0.2) is 0 Å². The molecular formula is C22H21F2N3O2. The number of benzene rings is 2. The molecule has 1 fully saturated rings. The maximum atomic E-state index is 14.0. The molecule has 150 valence electrons. The molecule has 0 unspecified atom stereocenters. The van der Waals surface area contributed by atoms with Crippen LogP contribution in [0.4, 0.5) is 14.5 Å². The Balaban J connectivity index is 1.39. The second kappa shape index (κ2) is 8.03. The van der Waals surface area contributed by atoms with Gasteiger partial charge in [0.2, 0.25) is 11.8 Å². The zero-order valence-corrected chi connectivity index (χ0v) is 16.1. The van der Waals surface area contributed by atoms with E-state index in [1.165, 1.54) is 18.2 Å². The Labute approximate surface area is 167 Å². The second-order valence-corrected chi connectivity index (χ2v) is 7.02. The van der Waals surface area contributed by atoms with E-state index in [0.717, 1.165) is 5.69 Å². The van der Waals surface area contributed by atoms with E-state index in [1.54, 1.807) is 42.2 Å². The lowest BCUT2D eigenvalue weighted by Gasteiger charge is -2.36. The maximum absolute atomic E-state index is 14.0. The molecule has 1 amide bonds. The number of halogens is 2. The summed E-state index contributed by atoms with van der Waals surface area (Å²) >= 11 is 0. The summed E-state index contributed by atoms with van der Waals surface area (Å²) in [5.74, 6) is -0.0184. The third kappa shape index (κ3) is 4.13. The summed E-state index contributed by atoms with van der Waals surface area (Å²) < 4.78 is 32.6. The first-order valence-corrected chi connectivity index (χ1v) is 9.51. The van der Waals surface area contributed by atoms with Gasteiger partial charge < -0.3 is 14.2 Å². The van der Waals surface area contributed by atoms with E-state index in [2.05, 4.69) is 9.88 Å². The third-order valence-corrected chi connectivity index (χ3v) is 5.14. The number of nitrogens with zero attached hydrogens (tertiary/aromatic N) is 3. The fourth-order valence-electron chi connectivity index (χ4n) is 3.46. The monoisotopic (exact) mass is 397 g/mol. The molecule has 0 bridgehead atoms. The van der Waals surface area contributed by atoms with E-state index in [1.807, 2.05) is 0 Å². The van der Waals surface area contributed by atoms with E-state index in [9.17, 15) is 13.6 Å². The lowest BCUT2D eigenvalue weighted by atomic mass is 10.2. The molecule has 3 aromatic rings. The van der Waals surface area contributed by atoms with Crippen LogP contribution in [0.5, 0.6) is 0 Å². The minimum Gasteiger partial charge on any atom is -0.441 e. The molecule has 7 heteroatoms. The van der Waals surface area contributed by atoms with Crippen LogP contribution in [0.2, 0.25) is 0 Å². The van der Waals surface area contributed by atoms with Crippen molar-refractivity contribution in [3.63, 3.8) is 0 Å². The molecule has 29 heavy (non-hydrogen) atoms. The number of amides is 1. The van der Waals surface area contributed by atoms with Crippen molar-refractivity contribution in [2.45, 2.75) is 13.3 Å². The zero-order chi connectivity index (χ0) is 20.4. The van der Waals surface area contributed by atoms with Gasteiger partial charge >= 0.3 is 0 Å². The van der Waals surface area contributed by atoms with Crippen LogP contribution in [-0.2, 0) is 11.2 Å². The third-order valence-electron chi connectivity index (χ3n) is 5.14.